The van der Waals surface area contributed by atoms with Crippen molar-refractivity contribution >= 4 is 54.3 Å². The van der Waals surface area contributed by atoms with Gasteiger partial charge in [-0.1, -0.05) is 39.4 Å². The van der Waals surface area contributed by atoms with Gasteiger partial charge in [-0.15, -0.1) is 0 Å². The van der Waals surface area contributed by atoms with E-state index < -0.39 is 41.8 Å². The quantitative estimate of drug-likeness (QED) is 0.0159. The summed E-state index contributed by atoms with van der Waals surface area (Å²) in [5.74, 6) is 12.2. The number of hydrogen-bond acceptors (Lipinski definition) is 24. The fourth-order valence-electron chi connectivity index (χ4n) is 7.87. The molecule has 0 aliphatic rings. The number of nitrogens with two attached hydrogens (primary N) is 3. The number of ether oxygens (including phenoxy) is 9. The molecule has 0 rings (SSSR count). The van der Waals surface area contributed by atoms with Gasteiger partial charge in [0.1, 0.15) is 31.9 Å². The summed E-state index contributed by atoms with van der Waals surface area (Å²) in [6, 6.07) is -2.14. The first-order chi connectivity index (χ1) is 40.9. The molecule has 0 bridgehead atoms. The first-order valence-electron chi connectivity index (χ1n) is 29.2. The van der Waals surface area contributed by atoms with Crippen molar-refractivity contribution in [2.45, 2.75) is 103 Å². The zero-order valence-corrected chi connectivity index (χ0v) is 52.7. The maximum atomic E-state index is 14.2. The van der Waals surface area contributed by atoms with Gasteiger partial charge in [-0.2, -0.15) is 0 Å². The maximum Gasteiger partial charge on any atom is 0.251 e. The van der Waals surface area contributed by atoms with E-state index in [4.69, 9.17) is 64.8 Å². The van der Waals surface area contributed by atoms with E-state index >= 15 is 0 Å². The molecule has 0 aromatic heterocycles. The summed E-state index contributed by atoms with van der Waals surface area (Å²) in [4.78, 5) is 92.7. The molecule has 0 heterocycles. The normalized spacial score (nSPS) is 13.8. The van der Waals surface area contributed by atoms with Crippen molar-refractivity contribution in [2.24, 2.45) is 34.9 Å². The lowest BCUT2D eigenvalue weighted by Gasteiger charge is -2.30. The molecule has 0 aliphatic carbocycles. The highest BCUT2D eigenvalue weighted by Gasteiger charge is 2.29. The van der Waals surface area contributed by atoms with Crippen LogP contribution in [0.5, 0.6) is 0 Å². The lowest BCUT2D eigenvalue weighted by molar-refractivity contribution is -0.134. The third-order valence-electron chi connectivity index (χ3n) is 12.1. The van der Waals surface area contributed by atoms with Gasteiger partial charge in [0.25, 0.3) is 6.57 Å². The Morgan fingerprint density at radius 3 is 1.26 bits per heavy atom. The Morgan fingerprint density at radius 2 is 0.859 bits per heavy atom. The molecule has 0 radical (unpaired) electrons. The Hall–Kier alpha value is -3.28. The predicted octanol–water partition coefficient (Wildman–Crippen LogP) is -0.428. The van der Waals surface area contributed by atoms with Gasteiger partial charge in [0.05, 0.1) is 126 Å². The van der Waals surface area contributed by atoms with Gasteiger partial charge in [0.15, 0.2) is 0 Å². The molecule has 0 aliphatic heterocycles. The molecule has 0 aromatic carbocycles. The average molecular weight is 1270 g/mol. The summed E-state index contributed by atoms with van der Waals surface area (Å²) in [5, 5.41) is 26.8. The van der Waals surface area contributed by atoms with E-state index in [1.54, 1.807) is 0 Å². The third kappa shape index (κ3) is 54.6. The third-order valence-corrected chi connectivity index (χ3v) is 13.1. The molecular weight excluding hydrogens is 1160 g/mol. The highest BCUT2D eigenvalue weighted by atomic mass is 32.7. The van der Waals surface area contributed by atoms with Crippen LogP contribution < -0.4 is 49.6 Å². The summed E-state index contributed by atoms with van der Waals surface area (Å²) < 4.78 is 65.4. The molecule has 0 saturated heterocycles. The fraction of sp³-hybridized carbons (Fsp3) is 0.887. The Kier molecular flexibility index (Phi) is 53.8. The van der Waals surface area contributed by atoms with E-state index in [0.29, 0.717) is 104 Å². The Bertz CT molecular complexity index is 1750. The van der Waals surface area contributed by atoms with Gasteiger partial charge >= 0.3 is 0 Å². The molecule has 500 valence electrons. The van der Waals surface area contributed by atoms with Gasteiger partial charge in [0, 0.05) is 51.8 Å². The van der Waals surface area contributed by atoms with E-state index in [9.17, 15) is 38.4 Å². The second-order valence-corrected chi connectivity index (χ2v) is 24.7. The van der Waals surface area contributed by atoms with Crippen LogP contribution in [0.3, 0.4) is 0 Å². The van der Waals surface area contributed by atoms with Gasteiger partial charge in [-0.05, 0) is 69.1 Å². The van der Waals surface area contributed by atoms with Crippen molar-refractivity contribution in [2.75, 3.05) is 185 Å². The topological polar surface area (TPSA) is 410 Å². The summed E-state index contributed by atoms with van der Waals surface area (Å²) in [7, 11) is 0. The second-order valence-electron chi connectivity index (χ2n) is 20.7. The lowest BCUT2D eigenvalue weighted by Crippen LogP contribution is -2.54. The van der Waals surface area contributed by atoms with Crippen LogP contribution >= 0.6 is 18.8 Å². The number of hydrogen-bond donors (Lipinski definition) is 11. The van der Waals surface area contributed by atoms with Crippen molar-refractivity contribution in [1.82, 2.24) is 31.9 Å². The largest absolute Gasteiger partial charge is 0.396 e. The monoisotopic (exact) mass is 1270 g/mol. The van der Waals surface area contributed by atoms with Crippen molar-refractivity contribution in [3.8, 4) is 0 Å². The number of aliphatic hydroxyl groups excluding tert-OH is 1. The van der Waals surface area contributed by atoms with Crippen LogP contribution in [-0.2, 0) is 95.0 Å². The van der Waals surface area contributed by atoms with Crippen molar-refractivity contribution < 1.29 is 100 Å². The molecule has 6 amide bonds. The molecule has 0 saturated carbocycles. The molecule has 0 spiro atoms. The standard InChI is InChI=1S/C53H106N9O21PS/c1-43(35-47(64)57-14-8-5-11-44(37-63)38-83-84(4,70)85)36-53(2,3)42-60-51(68)45(12-6-9-15-58-48(65)39-77-26-23-71-17-20-74-29-32-80-54)62-52(69)46(61-50(67)41-79-28-25-73-19-22-76-31-34-82-56)13-7-10-16-59-49(66)40-78-27-24-72-18-21-75-30-33-81-55/h43-46,63H,5-42,54-56H2,1-4H3,(H,57,64)(H,58,65)(H,59,66)(H,60,68)(H,61,67)(H,62,69)(H,70,85). The molecule has 13 N–H and O–H groups in total. The van der Waals surface area contributed by atoms with Gasteiger partial charge < -0.3 is 98.7 Å². The Balaban J connectivity index is 5.73. The first kappa shape index (κ1) is 81.7. The number of amides is 6. The molecule has 0 fully saturated rings. The van der Waals surface area contributed by atoms with E-state index in [1.165, 1.54) is 6.66 Å². The molecule has 85 heavy (non-hydrogen) atoms. The van der Waals surface area contributed by atoms with Crippen LogP contribution in [0.4, 0.5) is 0 Å². The van der Waals surface area contributed by atoms with Crippen LogP contribution in [-0.4, -0.2) is 237 Å². The Morgan fingerprint density at radius 1 is 0.494 bits per heavy atom. The number of aliphatic hydroxyl groups is 1. The molecular formula is C53H106N9O21PS. The summed E-state index contributed by atoms with van der Waals surface area (Å²) in [6.45, 7) is 9.74. The van der Waals surface area contributed by atoms with Crippen LogP contribution in [0.2, 0.25) is 0 Å². The number of nitrogens with one attached hydrogen (secondary N) is 6. The average Bonchev–Trinajstić information content (AvgIpc) is 3.55. The maximum absolute atomic E-state index is 14.2. The van der Waals surface area contributed by atoms with Crippen molar-refractivity contribution in [1.29, 1.82) is 0 Å². The van der Waals surface area contributed by atoms with Gasteiger partial charge in [-0.3, -0.25) is 33.3 Å². The molecule has 5 unspecified atom stereocenters. The van der Waals surface area contributed by atoms with Crippen molar-refractivity contribution in [3.05, 3.63) is 0 Å². The molecule has 30 nitrogen and oxygen atoms in total. The SMILES string of the molecule is CC(CC(=O)NCCCCC(CO)COP(C)(=O)S)CC(C)(C)CNC(=O)C(CCCCNC(=O)COCCOCCOCCON)NC(=O)C(CCCCNC(=O)COCCOCCOCCON)NC(=O)COCCOCCOCCON. The second kappa shape index (κ2) is 56.0. The van der Waals surface area contributed by atoms with Crippen molar-refractivity contribution in [3.63, 3.8) is 0 Å². The molecule has 5 atom stereocenters. The predicted molar refractivity (Wildman–Crippen MR) is 316 cm³/mol. The minimum Gasteiger partial charge on any atom is -0.396 e. The van der Waals surface area contributed by atoms with E-state index in [1.807, 2.05) is 20.8 Å². The van der Waals surface area contributed by atoms with Crippen LogP contribution in [0.25, 0.3) is 0 Å². The summed E-state index contributed by atoms with van der Waals surface area (Å²) in [6.07, 6.45) is 4.91. The Labute approximate surface area is 507 Å². The van der Waals surface area contributed by atoms with Gasteiger partial charge in [0.2, 0.25) is 35.4 Å². The van der Waals surface area contributed by atoms with E-state index in [-0.39, 0.29) is 168 Å². The highest BCUT2D eigenvalue weighted by molar-refractivity contribution is 8.46. The number of carbonyl (C=O) groups excluding carboxylic acids is 6. The summed E-state index contributed by atoms with van der Waals surface area (Å²) in [5.41, 5.74) is -0.476. The van der Waals surface area contributed by atoms with Crippen LogP contribution in [0.1, 0.15) is 91.4 Å². The first-order valence-corrected chi connectivity index (χ1v) is 32.5. The number of thiol groups is 1. The molecule has 0 aromatic rings. The zero-order valence-electron chi connectivity index (χ0n) is 50.9. The van der Waals surface area contributed by atoms with E-state index in [2.05, 4.69) is 58.7 Å². The summed E-state index contributed by atoms with van der Waals surface area (Å²) >= 11 is 3.93. The minimum atomic E-state index is -2.96. The number of rotatable bonds is 62. The molecule has 32 heteroatoms. The highest BCUT2D eigenvalue weighted by Crippen LogP contribution is 2.47. The van der Waals surface area contributed by atoms with E-state index in [0.717, 1.165) is 6.42 Å². The number of unbranched alkanes of at least 4 members (excludes halogenated alkanes) is 3. The lowest BCUT2D eigenvalue weighted by atomic mass is 9.82. The fourth-order valence-corrected chi connectivity index (χ4v) is 8.56. The number of carbonyl (C=O) groups is 6. The van der Waals surface area contributed by atoms with Crippen LogP contribution in [0.15, 0.2) is 0 Å². The zero-order chi connectivity index (χ0) is 63.1. The van der Waals surface area contributed by atoms with Gasteiger partial charge in [-0.25, -0.2) is 17.7 Å². The minimum absolute atomic E-state index is 0.0546. The van der Waals surface area contributed by atoms with Crippen LogP contribution in [0, 0.1) is 17.3 Å². The smallest absolute Gasteiger partial charge is 0.251 e.